The average molecular weight is 296 g/mol. The highest BCUT2D eigenvalue weighted by atomic mass is 16.5. The van der Waals surface area contributed by atoms with E-state index in [1.54, 1.807) is 7.11 Å². The van der Waals surface area contributed by atoms with Gasteiger partial charge in [0.2, 0.25) is 0 Å². The molecule has 1 unspecified atom stereocenters. The standard InChI is InChI=1S/C20H24O2/c1-6-16(4)20(21,17-9-7-14(2)8-10-17)18-11-12-19(22-5)15(3)13-18/h7-13,21H,4,6H2,1-3,5H3. The van der Waals surface area contributed by atoms with Crippen molar-refractivity contribution in [2.75, 3.05) is 7.11 Å². The molecule has 0 spiro atoms. The molecular weight excluding hydrogens is 272 g/mol. The van der Waals surface area contributed by atoms with E-state index in [-0.39, 0.29) is 0 Å². The number of rotatable bonds is 5. The van der Waals surface area contributed by atoms with Gasteiger partial charge in [0.25, 0.3) is 0 Å². The summed E-state index contributed by atoms with van der Waals surface area (Å²) in [7, 11) is 1.65. The van der Waals surface area contributed by atoms with Crippen molar-refractivity contribution in [2.24, 2.45) is 0 Å². The highest BCUT2D eigenvalue weighted by molar-refractivity contribution is 5.48. The van der Waals surface area contributed by atoms with Gasteiger partial charge >= 0.3 is 0 Å². The Morgan fingerprint density at radius 1 is 1.09 bits per heavy atom. The molecule has 0 saturated carbocycles. The van der Waals surface area contributed by atoms with Crippen LogP contribution in [0.15, 0.2) is 54.6 Å². The lowest BCUT2D eigenvalue weighted by Crippen LogP contribution is -2.29. The van der Waals surface area contributed by atoms with Crippen molar-refractivity contribution in [1.29, 1.82) is 0 Å². The van der Waals surface area contributed by atoms with Crippen LogP contribution in [0.1, 0.15) is 35.6 Å². The Balaban J connectivity index is 2.61. The summed E-state index contributed by atoms with van der Waals surface area (Å²) in [5.74, 6) is 0.817. The molecular formula is C20H24O2. The normalized spacial score (nSPS) is 13.5. The quantitative estimate of drug-likeness (QED) is 0.822. The van der Waals surface area contributed by atoms with Crippen LogP contribution in [0.25, 0.3) is 0 Å². The van der Waals surface area contributed by atoms with Crippen molar-refractivity contribution in [3.8, 4) is 5.75 Å². The molecule has 0 aliphatic carbocycles. The minimum Gasteiger partial charge on any atom is -0.496 e. The van der Waals surface area contributed by atoms with Crippen molar-refractivity contribution < 1.29 is 9.84 Å². The Hall–Kier alpha value is -2.06. The molecule has 2 heteroatoms. The van der Waals surface area contributed by atoms with Gasteiger partial charge in [0.05, 0.1) is 7.11 Å². The highest BCUT2D eigenvalue weighted by Crippen LogP contribution is 2.38. The van der Waals surface area contributed by atoms with Gasteiger partial charge in [-0.15, -0.1) is 0 Å². The van der Waals surface area contributed by atoms with E-state index in [0.29, 0.717) is 6.42 Å². The van der Waals surface area contributed by atoms with Crippen LogP contribution in [0.3, 0.4) is 0 Å². The highest BCUT2D eigenvalue weighted by Gasteiger charge is 2.34. The summed E-state index contributed by atoms with van der Waals surface area (Å²) in [6, 6.07) is 13.7. The van der Waals surface area contributed by atoms with Gasteiger partial charge in [-0.05, 0) is 54.7 Å². The number of benzene rings is 2. The fraction of sp³-hybridized carbons (Fsp3) is 0.300. The van der Waals surface area contributed by atoms with Crippen LogP contribution >= 0.6 is 0 Å². The van der Waals surface area contributed by atoms with Crippen LogP contribution in [-0.2, 0) is 5.60 Å². The van der Waals surface area contributed by atoms with Crippen LogP contribution in [0.5, 0.6) is 5.75 Å². The first-order valence-electron chi connectivity index (χ1n) is 7.56. The maximum Gasteiger partial charge on any atom is 0.136 e. The Bertz CT molecular complexity index is 671. The van der Waals surface area contributed by atoms with E-state index in [9.17, 15) is 5.11 Å². The molecule has 2 aromatic rings. The maximum absolute atomic E-state index is 11.5. The molecule has 1 atom stereocenters. The molecule has 0 bridgehead atoms. The summed E-state index contributed by atoms with van der Waals surface area (Å²) in [6.45, 7) is 10.1. The molecule has 0 aromatic heterocycles. The van der Waals surface area contributed by atoms with E-state index >= 15 is 0 Å². The molecule has 22 heavy (non-hydrogen) atoms. The van der Waals surface area contributed by atoms with Gasteiger partial charge in [-0.1, -0.05) is 49.4 Å². The summed E-state index contributed by atoms with van der Waals surface area (Å²) in [5, 5.41) is 11.5. The largest absolute Gasteiger partial charge is 0.496 e. The van der Waals surface area contributed by atoms with Gasteiger partial charge < -0.3 is 9.84 Å². The molecule has 0 fully saturated rings. The zero-order valence-electron chi connectivity index (χ0n) is 13.8. The van der Waals surface area contributed by atoms with E-state index in [0.717, 1.165) is 28.0 Å². The second-order valence-electron chi connectivity index (χ2n) is 5.72. The van der Waals surface area contributed by atoms with Gasteiger partial charge in [0.15, 0.2) is 0 Å². The Labute approximate surface area is 133 Å². The van der Waals surface area contributed by atoms with Crippen molar-refractivity contribution in [3.05, 3.63) is 76.9 Å². The van der Waals surface area contributed by atoms with E-state index in [4.69, 9.17) is 4.74 Å². The summed E-state index contributed by atoms with van der Waals surface area (Å²) < 4.78 is 5.32. The Morgan fingerprint density at radius 3 is 2.18 bits per heavy atom. The Morgan fingerprint density at radius 2 is 1.68 bits per heavy atom. The lowest BCUT2D eigenvalue weighted by molar-refractivity contribution is 0.118. The summed E-state index contributed by atoms with van der Waals surface area (Å²) in [5.41, 5.74) is 3.42. The molecule has 0 saturated heterocycles. The zero-order chi connectivity index (χ0) is 16.3. The molecule has 0 radical (unpaired) electrons. The predicted octanol–water partition coefficient (Wildman–Crippen LogP) is 4.51. The van der Waals surface area contributed by atoms with Crippen molar-refractivity contribution in [2.45, 2.75) is 32.8 Å². The third-order valence-corrected chi connectivity index (χ3v) is 4.22. The summed E-state index contributed by atoms with van der Waals surface area (Å²) in [4.78, 5) is 0. The molecule has 0 aliphatic rings. The molecule has 2 rings (SSSR count). The van der Waals surface area contributed by atoms with Gasteiger partial charge in [-0.25, -0.2) is 0 Å². The van der Waals surface area contributed by atoms with E-state index in [1.807, 2.05) is 63.2 Å². The van der Waals surface area contributed by atoms with Gasteiger partial charge in [-0.3, -0.25) is 0 Å². The predicted molar refractivity (Wildman–Crippen MR) is 91.3 cm³/mol. The number of ether oxygens (including phenoxy) is 1. The van der Waals surface area contributed by atoms with Crippen LogP contribution in [-0.4, -0.2) is 12.2 Å². The lowest BCUT2D eigenvalue weighted by Gasteiger charge is -2.32. The fourth-order valence-electron chi connectivity index (χ4n) is 2.73. The monoisotopic (exact) mass is 296 g/mol. The number of aryl methyl sites for hydroxylation is 2. The average Bonchev–Trinajstić information content (AvgIpc) is 2.53. The van der Waals surface area contributed by atoms with E-state index in [2.05, 4.69) is 6.58 Å². The van der Waals surface area contributed by atoms with E-state index < -0.39 is 5.60 Å². The molecule has 0 amide bonds. The molecule has 0 heterocycles. The van der Waals surface area contributed by atoms with Gasteiger partial charge in [0.1, 0.15) is 11.4 Å². The molecule has 2 nitrogen and oxygen atoms in total. The number of aliphatic hydroxyl groups is 1. The topological polar surface area (TPSA) is 29.5 Å². The van der Waals surface area contributed by atoms with Crippen LogP contribution in [0.2, 0.25) is 0 Å². The van der Waals surface area contributed by atoms with Gasteiger partial charge in [-0.2, -0.15) is 0 Å². The van der Waals surface area contributed by atoms with Gasteiger partial charge in [0, 0.05) is 0 Å². The van der Waals surface area contributed by atoms with E-state index in [1.165, 1.54) is 5.56 Å². The summed E-state index contributed by atoms with van der Waals surface area (Å²) >= 11 is 0. The Kier molecular flexibility index (Phi) is 4.72. The minimum absolute atomic E-state index is 0.704. The second kappa shape index (κ2) is 6.37. The fourth-order valence-corrected chi connectivity index (χ4v) is 2.73. The van der Waals surface area contributed by atoms with Crippen LogP contribution < -0.4 is 4.74 Å². The third-order valence-electron chi connectivity index (χ3n) is 4.22. The van der Waals surface area contributed by atoms with Crippen molar-refractivity contribution >= 4 is 0 Å². The summed E-state index contributed by atoms with van der Waals surface area (Å²) in [6.07, 6.45) is 0.704. The molecule has 2 aromatic carbocycles. The van der Waals surface area contributed by atoms with Crippen LogP contribution in [0.4, 0.5) is 0 Å². The minimum atomic E-state index is -1.18. The first-order valence-corrected chi connectivity index (χ1v) is 7.56. The van der Waals surface area contributed by atoms with Crippen molar-refractivity contribution in [3.63, 3.8) is 0 Å². The molecule has 1 N–H and O–H groups in total. The van der Waals surface area contributed by atoms with Crippen molar-refractivity contribution in [1.82, 2.24) is 0 Å². The number of methoxy groups -OCH3 is 1. The number of hydrogen-bond donors (Lipinski definition) is 1. The maximum atomic E-state index is 11.5. The lowest BCUT2D eigenvalue weighted by atomic mass is 9.79. The first-order chi connectivity index (χ1) is 10.4. The van der Waals surface area contributed by atoms with Crippen LogP contribution in [0, 0.1) is 13.8 Å². The molecule has 0 aliphatic heterocycles. The zero-order valence-corrected chi connectivity index (χ0v) is 13.8. The SMILES string of the molecule is C=C(CC)C(O)(c1ccc(C)cc1)c1ccc(OC)c(C)c1. The first kappa shape index (κ1) is 16.3. The second-order valence-corrected chi connectivity index (χ2v) is 5.72. The number of hydrogen-bond acceptors (Lipinski definition) is 2. The third kappa shape index (κ3) is 2.79. The smallest absolute Gasteiger partial charge is 0.136 e. The molecule has 116 valence electrons.